The van der Waals surface area contributed by atoms with Crippen LogP contribution in [0.4, 0.5) is 0 Å². The van der Waals surface area contributed by atoms with E-state index in [4.69, 9.17) is 0 Å². The average molecular weight is 376 g/mol. The van der Waals surface area contributed by atoms with Crippen LogP contribution in [0.1, 0.15) is 32.1 Å². The minimum absolute atomic E-state index is 0.168. The Balaban J connectivity index is 3.24. The number of quaternary nitrogens is 1. The minimum atomic E-state index is -4.91. The molecule has 2 atom stereocenters. The van der Waals surface area contributed by atoms with Crippen molar-refractivity contribution >= 4 is 27.8 Å². The van der Waals surface area contributed by atoms with Gasteiger partial charge in [-0.05, 0) is 37.9 Å². The third-order valence-corrected chi connectivity index (χ3v) is 8.91. The van der Waals surface area contributed by atoms with E-state index in [9.17, 15) is 28.7 Å². The molecule has 7 nitrogen and oxygen atoms in total. The smallest absolute Gasteiger partial charge is 0.326 e. The molecule has 0 bridgehead atoms. The predicted molar refractivity (Wildman–Crippen MR) is 89.1 cm³/mol. The van der Waals surface area contributed by atoms with E-state index in [1.807, 2.05) is 14.1 Å². The van der Waals surface area contributed by atoms with Crippen molar-refractivity contribution < 1.29 is 33.2 Å². The maximum atomic E-state index is 11.8. The summed E-state index contributed by atoms with van der Waals surface area (Å²) in [6.45, 7) is 0.844. The van der Waals surface area contributed by atoms with Gasteiger partial charge in [-0.15, -0.1) is 0 Å². The minimum Gasteiger partial charge on any atom is -0.326 e. The van der Waals surface area contributed by atoms with Crippen LogP contribution in [-0.4, -0.2) is 61.9 Å². The standard InChI is InChI=1S/C12H27NO6P2S/c1-13(2)8-4-3-7-11(13)10(6-5-9-22)12(20(14,15)16)21(17,18)19/h10-12H,3-9H2,1-2H3,(H4-,14,15,16,17,18,19,22)/p+1. The Kier molecular flexibility index (Phi) is 7.19. The zero-order chi connectivity index (χ0) is 17.2. The summed E-state index contributed by atoms with van der Waals surface area (Å²) in [5.74, 6) is -0.199. The van der Waals surface area contributed by atoms with E-state index in [0.717, 1.165) is 25.8 Å². The van der Waals surface area contributed by atoms with Gasteiger partial charge in [0.2, 0.25) is 0 Å². The van der Waals surface area contributed by atoms with Gasteiger partial charge in [-0.3, -0.25) is 9.13 Å². The van der Waals surface area contributed by atoms with Gasteiger partial charge >= 0.3 is 15.2 Å². The van der Waals surface area contributed by atoms with E-state index < -0.39 is 26.5 Å². The van der Waals surface area contributed by atoms with E-state index in [2.05, 4.69) is 12.6 Å². The first-order valence-corrected chi connectivity index (χ1v) is 11.4. The molecule has 1 saturated heterocycles. The number of likely N-dealkylation sites (tertiary alicyclic amines) is 1. The van der Waals surface area contributed by atoms with Crippen molar-refractivity contribution in [1.29, 1.82) is 0 Å². The van der Waals surface area contributed by atoms with Crippen molar-refractivity contribution in [2.75, 3.05) is 26.4 Å². The Hall–Kier alpha value is 0.610. The zero-order valence-corrected chi connectivity index (χ0v) is 15.8. The number of hydrogen-bond acceptors (Lipinski definition) is 3. The maximum absolute atomic E-state index is 11.8. The van der Waals surface area contributed by atoms with Crippen molar-refractivity contribution in [1.82, 2.24) is 0 Å². The van der Waals surface area contributed by atoms with Crippen molar-refractivity contribution in [3.05, 3.63) is 0 Å². The molecule has 0 aromatic carbocycles. The first-order chi connectivity index (χ1) is 9.91. The van der Waals surface area contributed by atoms with Gasteiger partial charge in [-0.2, -0.15) is 12.6 Å². The lowest BCUT2D eigenvalue weighted by Gasteiger charge is -2.47. The molecule has 132 valence electrons. The Morgan fingerprint density at radius 1 is 1.14 bits per heavy atom. The number of piperidine rings is 1. The summed E-state index contributed by atoms with van der Waals surface area (Å²) in [5.41, 5.74) is 0. The van der Waals surface area contributed by atoms with Gasteiger partial charge < -0.3 is 24.1 Å². The molecule has 0 aliphatic carbocycles. The fourth-order valence-electron chi connectivity index (χ4n) is 3.68. The molecule has 1 heterocycles. The second-order valence-electron chi connectivity index (χ2n) is 6.69. The summed E-state index contributed by atoms with van der Waals surface area (Å²) < 4.78 is 24.2. The predicted octanol–water partition coefficient (Wildman–Crippen LogP) is 1.62. The third kappa shape index (κ3) is 5.32. The highest BCUT2D eigenvalue weighted by molar-refractivity contribution is 7.80. The van der Waals surface area contributed by atoms with E-state index >= 15 is 0 Å². The molecule has 0 saturated carbocycles. The Morgan fingerprint density at radius 3 is 2.09 bits per heavy atom. The number of nitrogens with zero attached hydrogens (tertiary/aromatic N) is 1. The fourth-order valence-corrected chi connectivity index (χ4v) is 7.13. The van der Waals surface area contributed by atoms with Crippen LogP contribution >= 0.6 is 27.8 Å². The van der Waals surface area contributed by atoms with Crippen LogP contribution in [0.3, 0.4) is 0 Å². The SMILES string of the molecule is C[N+]1(C)CCCCC1C(CCCS)C(P(=O)(O)O)P(=O)(O)O. The molecule has 0 radical (unpaired) electrons. The van der Waals surface area contributed by atoms with Gasteiger partial charge in [0.1, 0.15) is 0 Å². The van der Waals surface area contributed by atoms with E-state index in [1.165, 1.54) is 0 Å². The Morgan fingerprint density at radius 2 is 1.68 bits per heavy atom. The average Bonchev–Trinajstić information content (AvgIpc) is 2.30. The van der Waals surface area contributed by atoms with Gasteiger partial charge in [0, 0.05) is 5.92 Å². The lowest BCUT2D eigenvalue weighted by atomic mass is 9.87. The molecule has 0 aromatic heterocycles. The zero-order valence-electron chi connectivity index (χ0n) is 13.1. The van der Waals surface area contributed by atoms with Crippen LogP contribution in [0, 0.1) is 5.92 Å². The largest absolute Gasteiger partial charge is 0.341 e. The summed E-state index contributed by atoms with van der Waals surface area (Å²) in [6, 6.07) is -0.168. The van der Waals surface area contributed by atoms with Gasteiger partial charge in [-0.1, -0.05) is 0 Å². The summed E-state index contributed by atoms with van der Waals surface area (Å²) >= 11 is 4.12. The van der Waals surface area contributed by atoms with E-state index in [-0.39, 0.29) is 6.04 Å². The number of thiol groups is 1. The van der Waals surface area contributed by atoms with Crippen molar-refractivity contribution in [3.8, 4) is 0 Å². The van der Waals surface area contributed by atoms with Crippen LogP contribution < -0.4 is 0 Å². The van der Waals surface area contributed by atoms with Gasteiger partial charge in [0.25, 0.3) is 0 Å². The first-order valence-electron chi connectivity index (χ1n) is 7.45. The van der Waals surface area contributed by atoms with E-state index in [1.54, 1.807) is 0 Å². The molecule has 1 aliphatic rings. The molecular weight excluding hydrogens is 348 g/mol. The summed E-state index contributed by atoms with van der Waals surface area (Å²) in [5, 5.41) is -1.92. The molecule has 0 spiro atoms. The monoisotopic (exact) mass is 376 g/mol. The Labute approximate surface area is 137 Å². The van der Waals surface area contributed by atoms with Crippen LogP contribution in [0.2, 0.25) is 0 Å². The van der Waals surface area contributed by atoms with Gasteiger partial charge in [-0.25, -0.2) is 0 Å². The molecule has 1 aliphatic heterocycles. The molecule has 4 N–H and O–H groups in total. The topological polar surface area (TPSA) is 115 Å². The number of rotatable bonds is 7. The van der Waals surface area contributed by atoms with Crippen LogP contribution in [0.25, 0.3) is 0 Å². The molecule has 1 rings (SSSR count). The van der Waals surface area contributed by atoms with Crippen molar-refractivity contribution in [3.63, 3.8) is 0 Å². The third-order valence-electron chi connectivity index (χ3n) is 4.64. The summed E-state index contributed by atoms with van der Waals surface area (Å²) in [4.78, 5) is 38.3. The molecule has 1 fully saturated rings. The quantitative estimate of drug-likeness (QED) is 0.262. The summed E-state index contributed by atoms with van der Waals surface area (Å²) in [7, 11) is -5.90. The highest BCUT2D eigenvalue weighted by atomic mass is 32.1. The lowest BCUT2D eigenvalue weighted by Crippen LogP contribution is -2.57. The fraction of sp³-hybridized carbons (Fsp3) is 1.00. The van der Waals surface area contributed by atoms with Crippen LogP contribution in [0.15, 0.2) is 0 Å². The Bertz CT molecular complexity index is 441. The van der Waals surface area contributed by atoms with Gasteiger partial charge in [0.15, 0.2) is 5.40 Å². The molecule has 0 amide bonds. The van der Waals surface area contributed by atoms with E-state index in [0.29, 0.717) is 23.1 Å². The molecule has 0 aromatic rings. The van der Waals surface area contributed by atoms with Gasteiger partial charge in [0.05, 0.1) is 26.7 Å². The lowest BCUT2D eigenvalue weighted by molar-refractivity contribution is -0.924. The van der Waals surface area contributed by atoms with Crippen molar-refractivity contribution in [2.24, 2.45) is 5.92 Å². The second-order valence-corrected chi connectivity index (χ2v) is 11.0. The van der Waals surface area contributed by atoms with Crippen LogP contribution in [-0.2, 0) is 9.13 Å². The summed E-state index contributed by atoms with van der Waals surface area (Å²) in [6.07, 6.45) is 3.58. The normalized spacial score (nSPS) is 24.5. The molecule has 22 heavy (non-hydrogen) atoms. The molecule has 2 unspecified atom stereocenters. The second kappa shape index (κ2) is 7.66. The van der Waals surface area contributed by atoms with Crippen LogP contribution in [0.5, 0.6) is 0 Å². The number of hydrogen-bond donors (Lipinski definition) is 5. The first kappa shape index (κ1) is 20.7. The highest BCUT2D eigenvalue weighted by Gasteiger charge is 2.54. The molecule has 10 heteroatoms. The molecular formula is C12H28NO6P2S+. The maximum Gasteiger partial charge on any atom is 0.341 e. The highest BCUT2D eigenvalue weighted by Crippen LogP contribution is 2.64. The van der Waals surface area contributed by atoms with Crippen molar-refractivity contribution in [2.45, 2.75) is 43.5 Å².